The van der Waals surface area contributed by atoms with Gasteiger partial charge in [-0.3, -0.25) is 9.36 Å². The van der Waals surface area contributed by atoms with Crippen LogP contribution in [0.25, 0.3) is 6.08 Å². The molecule has 37 heavy (non-hydrogen) atoms. The molecule has 0 saturated heterocycles. The van der Waals surface area contributed by atoms with Crippen LogP contribution in [0.4, 0.5) is 0 Å². The summed E-state index contributed by atoms with van der Waals surface area (Å²) in [7, 11) is 0. The maximum atomic E-state index is 13.7. The monoisotopic (exact) mass is 604 g/mol. The molecular weight excluding hydrogens is 584 g/mol. The zero-order valence-corrected chi connectivity index (χ0v) is 23.2. The molecule has 3 aromatic rings. The molecular formula is C26H22BrClN2O6S. The van der Waals surface area contributed by atoms with Crippen LogP contribution in [0.15, 0.2) is 68.0 Å². The normalized spacial score (nSPS) is 15.4. The van der Waals surface area contributed by atoms with E-state index in [9.17, 15) is 14.4 Å². The number of carboxylic acids is 1. The van der Waals surface area contributed by atoms with Crippen molar-refractivity contribution in [3.8, 4) is 5.75 Å². The van der Waals surface area contributed by atoms with Gasteiger partial charge >= 0.3 is 11.9 Å². The number of carbonyl (C=O) groups is 2. The average Bonchev–Trinajstić information content (AvgIpc) is 3.12. The Labute approximate surface area is 229 Å². The van der Waals surface area contributed by atoms with Crippen molar-refractivity contribution >= 4 is 56.9 Å². The van der Waals surface area contributed by atoms with Crippen molar-refractivity contribution in [2.45, 2.75) is 32.9 Å². The maximum Gasteiger partial charge on any atom is 0.341 e. The number of ether oxygens (including phenoxy) is 2. The largest absolute Gasteiger partial charge is 0.481 e. The van der Waals surface area contributed by atoms with Crippen molar-refractivity contribution in [1.29, 1.82) is 0 Å². The summed E-state index contributed by atoms with van der Waals surface area (Å²) >= 11 is 10.7. The van der Waals surface area contributed by atoms with E-state index in [0.29, 0.717) is 41.4 Å². The number of rotatable bonds is 7. The number of fused-ring (bicyclic) bond motifs is 1. The van der Waals surface area contributed by atoms with E-state index in [2.05, 4.69) is 20.9 Å². The number of halogens is 2. The summed E-state index contributed by atoms with van der Waals surface area (Å²) in [6.07, 6.45) is 1.36. The number of carboxylic acid groups (broad SMARTS) is 1. The van der Waals surface area contributed by atoms with Gasteiger partial charge in [0, 0.05) is 5.02 Å². The van der Waals surface area contributed by atoms with E-state index in [1.165, 1.54) is 15.9 Å². The quantitative estimate of drug-likeness (QED) is 0.407. The number of allylic oxidation sites excluding steroid dienone is 1. The number of nitrogens with zero attached hydrogens (tertiary/aromatic N) is 2. The van der Waals surface area contributed by atoms with Gasteiger partial charge in [0.2, 0.25) is 0 Å². The molecule has 2 aromatic carbocycles. The first-order chi connectivity index (χ1) is 17.5. The number of aromatic nitrogens is 1. The lowest BCUT2D eigenvalue weighted by atomic mass is 9.96. The lowest BCUT2D eigenvalue weighted by Crippen LogP contribution is -2.40. The lowest BCUT2D eigenvalue weighted by molar-refractivity contribution is -0.143. The van der Waals surface area contributed by atoms with Gasteiger partial charge in [0.1, 0.15) is 5.75 Å². The fraction of sp³-hybridized carbons (Fsp3) is 0.231. The van der Waals surface area contributed by atoms with Gasteiger partial charge in [-0.1, -0.05) is 41.1 Å². The number of aliphatic carboxylic acids is 1. The number of hydrogen-bond acceptors (Lipinski definition) is 7. The third-order valence-electron chi connectivity index (χ3n) is 5.37. The second kappa shape index (κ2) is 11.0. The maximum absolute atomic E-state index is 13.7. The van der Waals surface area contributed by atoms with Crippen molar-refractivity contribution < 1.29 is 24.2 Å². The molecule has 0 spiro atoms. The van der Waals surface area contributed by atoms with Gasteiger partial charge in [-0.2, -0.15) is 0 Å². The van der Waals surface area contributed by atoms with Gasteiger partial charge in [-0.25, -0.2) is 14.6 Å². The van der Waals surface area contributed by atoms with Gasteiger partial charge in [-0.15, -0.1) is 0 Å². The van der Waals surface area contributed by atoms with Crippen LogP contribution in [0.1, 0.15) is 37.9 Å². The molecule has 1 N–H and O–H groups in total. The predicted molar refractivity (Wildman–Crippen MR) is 144 cm³/mol. The number of benzene rings is 2. The van der Waals surface area contributed by atoms with Crippen molar-refractivity contribution in [2.24, 2.45) is 4.99 Å². The summed E-state index contributed by atoms with van der Waals surface area (Å²) < 4.78 is 13.2. The Balaban J connectivity index is 1.83. The average molecular weight is 606 g/mol. The Morgan fingerprint density at radius 1 is 1.24 bits per heavy atom. The van der Waals surface area contributed by atoms with Crippen LogP contribution in [0.5, 0.6) is 5.75 Å². The fourth-order valence-electron chi connectivity index (χ4n) is 3.84. The van der Waals surface area contributed by atoms with Crippen LogP contribution in [-0.2, 0) is 14.3 Å². The first-order valence-electron chi connectivity index (χ1n) is 11.2. The minimum absolute atomic E-state index is 0.289. The summed E-state index contributed by atoms with van der Waals surface area (Å²) in [6.45, 7) is 4.78. The molecule has 1 atom stereocenters. The van der Waals surface area contributed by atoms with Crippen molar-refractivity contribution in [2.75, 3.05) is 6.61 Å². The smallest absolute Gasteiger partial charge is 0.341 e. The van der Waals surface area contributed by atoms with Crippen LogP contribution in [0, 0.1) is 0 Å². The number of thiazole rings is 1. The summed E-state index contributed by atoms with van der Waals surface area (Å²) in [5.41, 5.74) is 1.84. The Morgan fingerprint density at radius 3 is 2.57 bits per heavy atom. The van der Waals surface area contributed by atoms with E-state index in [1.807, 2.05) is 0 Å². The third-order valence-corrected chi connectivity index (χ3v) is 7.23. The SMILES string of the molecule is CC1=C(C(=O)OC(C)C)C(c2ccc(Cl)cc2)n2c(sc(=Cc3ccc(OCC(=O)O)c(Br)c3)c2=O)=N1. The van der Waals surface area contributed by atoms with Crippen LogP contribution in [0.3, 0.4) is 0 Å². The zero-order valence-electron chi connectivity index (χ0n) is 20.0. The van der Waals surface area contributed by atoms with Gasteiger partial charge in [-0.05, 0) is 78.2 Å². The molecule has 1 aliphatic rings. The first-order valence-corrected chi connectivity index (χ1v) is 13.2. The molecule has 1 aliphatic heterocycles. The second-order valence-corrected chi connectivity index (χ2v) is 10.8. The Morgan fingerprint density at radius 2 is 1.95 bits per heavy atom. The summed E-state index contributed by atoms with van der Waals surface area (Å²) in [6, 6.07) is 11.3. The molecule has 8 nitrogen and oxygen atoms in total. The molecule has 0 aliphatic carbocycles. The van der Waals surface area contributed by atoms with E-state index in [4.69, 9.17) is 26.2 Å². The molecule has 0 radical (unpaired) electrons. The molecule has 0 fully saturated rings. The molecule has 11 heteroatoms. The number of esters is 1. The minimum atomic E-state index is -1.08. The van der Waals surface area contributed by atoms with Crippen LogP contribution < -0.4 is 19.6 Å². The van der Waals surface area contributed by atoms with Gasteiger partial charge in [0.15, 0.2) is 11.4 Å². The summed E-state index contributed by atoms with van der Waals surface area (Å²) in [5.74, 6) is -1.25. The highest BCUT2D eigenvalue weighted by Gasteiger charge is 2.33. The standard InChI is InChI=1S/C26H22BrClN2O6S/c1-13(2)36-25(34)22-14(3)29-26-30(23(22)16-5-7-17(28)8-6-16)24(33)20(37-26)11-15-4-9-19(18(27)10-15)35-12-21(31)32/h4-11,13,23H,12H2,1-3H3,(H,31,32). The summed E-state index contributed by atoms with van der Waals surface area (Å²) in [4.78, 5) is 42.6. The molecule has 1 aromatic heterocycles. The van der Waals surface area contributed by atoms with Crippen molar-refractivity contribution in [3.63, 3.8) is 0 Å². The van der Waals surface area contributed by atoms with E-state index in [-0.39, 0.29) is 17.2 Å². The van der Waals surface area contributed by atoms with Crippen LogP contribution in [0.2, 0.25) is 5.02 Å². The molecule has 2 heterocycles. The molecule has 0 bridgehead atoms. The Bertz CT molecular complexity index is 1590. The molecule has 0 saturated carbocycles. The first kappa shape index (κ1) is 26.8. The van der Waals surface area contributed by atoms with Gasteiger partial charge in [0.25, 0.3) is 5.56 Å². The molecule has 0 amide bonds. The zero-order chi connectivity index (χ0) is 26.9. The van der Waals surface area contributed by atoms with E-state index < -0.39 is 24.6 Å². The molecule has 4 rings (SSSR count). The Hall–Kier alpha value is -3.21. The van der Waals surface area contributed by atoms with Gasteiger partial charge in [0.05, 0.1) is 32.4 Å². The van der Waals surface area contributed by atoms with Crippen molar-refractivity contribution in [3.05, 3.63) is 94.0 Å². The number of hydrogen-bond donors (Lipinski definition) is 1. The second-order valence-electron chi connectivity index (χ2n) is 8.46. The van der Waals surface area contributed by atoms with Crippen molar-refractivity contribution in [1.82, 2.24) is 4.57 Å². The fourth-order valence-corrected chi connectivity index (χ4v) is 5.52. The third kappa shape index (κ3) is 5.87. The summed E-state index contributed by atoms with van der Waals surface area (Å²) in [5, 5.41) is 9.36. The highest BCUT2D eigenvalue weighted by Crippen LogP contribution is 2.32. The predicted octanol–water partition coefficient (Wildman–Crippen LogP) is 4.07. The van der Waals surface area contributed by atoms with Crippen LogP contribution >= 0.6 is 38.9 Å². The lowest BCUT2D eigenvalue weighted by Gasteiger charge is -2.25. The topological polar surface area (TPSA) is 107 Å². The van der Waals surface area contributed by atoms with Crippen LogP contribution in [-0.4, -0.2) is 34.3 Å². The Kier molecular flexibility index (Phi) is 8.01. The highest BCUT2D eigenvalue weighted by molar-refractivity contribution is 9.10. The van der Waals surface area contributed by atoms with E-state index >= 15 is 0 Å². The number of carbonyl (C=O) groups excluding carboxylic acids is 1. The van der Waals surface area contributed by atoms with E-state index in [0.717, 1.165) is 0 Å². The highest BCUT2D eigenvalue weighted by atomic mass is 79.9. The molecule has 192 valence electrons. The van der Waals surface area contributed by atoms with Gasteiger partial charge < -0.3 is 14.6 Å². The van der Waals surface area contributed by atoms with E-state index in [1.54, 1.807) is 69.3 Å². The minimum Gasteiger partial charge on any atom is -0.481 e. The molecule has 1 unspecified atom stereocenters.